The lowest BCUT2D eigenvalue weighted by Gasteiger charge is -2.26. The molecule has 1 aliphatic rings. The highest BCUT2D eigenvalue weighted by molar-refractivity contribution is 6.03. The highest BCUT2D eigenvalue weighted by Crippen LogP contribution is 2.22. The SMILES string of the molecule is Cc1ccc2n[nH]nc2c1.Cc1ccc2nc[nH]c2c1.Cc1ccc2ncccc2c1.Cn1nc(C(=O)[O-])c2ccccc21.O=C([O-])C1Cc2ccccc2CN1.O=C([O-])c1cc2ccccc2cn1.O=C([O-])c1cccc2cccnc12.O=C([O-])c1cccc2ncccc12.O=C([O-])c1cnc2ccccc2n1.O=C([O-])c1nccc2ccccc12. The molecule has 10 heterocycles. The van der Waals surface area contributed by atoms with Gasteiger partial charge in [0.15, 0.2) is 0 Å². The number of fused-ring (bicyclic) bond motifs is 10. The molecule has 0 radical (unpaired) electrons. The third-order valence-electron chi connectivity index (χ3n) is 18.2. The van der Waals surface area contributed by atoms with Crippen LogP contribution in [-0.4, -0.2) is 118 Å². The number of aromatic nitrogens is 14. The van der Waals surface area contributed by atoms with Crippen molar-refractivity contribution in [2.75, 3.05) is 0 Å². The highest BCUT2D eigenvalue weighted by Gasteiger charge is 2.18. The van der Waals surface area contributed by atoms with Gasteiger partial charge in [0.25, 0.3) is 0 Å². The summed E-state index contributed by atoms with van der Waals surface area (Å²) in [6.45, 7) is 6.82. The van der Waals surface area contributed by atoms with Crippen LogP contribution in [0.15, 0.2) is 304 Å². The number of carbonyl (C=O) groups excluding carboxylic acids is 7. The molecule has 608 valence electrons. The van der Waals surface area contributed by atoms with Crippen molar-refractivity contribution < 1.29 is 69.3 Å². The van der Waals surface area contributed by atoms with Gasteiger partial charge in [0.05, 0.1) is 116 Å². The van der Waals surface area contributed by atoms with Crippen molar-refractivity contribution in [3.8, 4) is 0 Å². The van der Waals surface area contributed by atoms with Crippen LogP contribution in [0.4, 0.5) is 0 Å². The molecular formula is C93H70N15O14-7. The number of carbonyl (C=O) groups is 7. The molecule has 29 nitrogen and oxygen atoms in total. The molecule has 29 heteroatoms. The number of carboxylic acid groups (broad SMARTS) is 7. The van der Waals surface area contributed by atoms with Crippen molar-refractivity contribution in [2.24, 2.45) is 7.05 Å². The number of aliphatic carboxylic acids is 1. The number of pyridine rings is 5. The van der Waals surface area contributed by atoms with Gasteiger partial charge in [-0.2, -0.15) is 20.5 Å². The normalized spacial score (nSPS) is 11.4. The Balaban J connectivity index is 0.000000132. The summed E-state index contributed by atoms with van der Waals surface area (Å²) in [6, 6.07) is 78.8. The third-order valence-corrected chi connectivity index (χ3v) is 18.2. The predicted molar refractivity (Wildman–Crippen MR) is 445 cm³/mol. The molecule has 1 aliphatic heterocycles. The number of imidazole rings is 1. The standard InChI is InChI=1S/2C10H7NO2.C10H11NO2.2C10H7NO2.C10H9N.C9H8N2O2.C9H6N2O2.C8H8N2.C7H7N3/c12-10(13)8-3-1-5-9-7(8)4-2-6-11-9;12-10(13)8-5-1-3-7-4-2-6-11-9(7)8;2*12-10(13)9-5-7-3-1-2-4-8(7)6-11-9;12-10(13)9-8-4-2-1-3-7(8)5-6-11-9;1-8-4-5-10-9(7-8)3-2-6-11-10;1-11-7-5-3-2-4-6(7)8(10-11)9(12)13;12-9(13)8-5-10-6-3-1-2-4-7(6)11-8;1-6-2-3-7-8(4-6)10-5-9-7;1-5-2-3-6-7(4-5)9-10-8-6/h2*1-6H,(H,12,13);1-4,9,11H,5-6H2,(H,12,13);2*1-6H,(H,12,13);2-7H,1H3;2-5H,1H3,(H,12,13);1-5H,(H,12,13);2-5H,1H3,(H,9,10);2-4H,1H3,(H,8,9,10)/p-7. The number of benzene rings is 10. The average Bonchev–Trinajstić information content (AvgIpc) is 1.67. The zero-order valence-electron chi connectivity index (χ0n) is 65.4. The molecule has 0 saturated carbocycles. The minimum atomic E-state index is -1.31. The van der Waals surface area contributed by atoms with Gasteiger partial charge < -0.3 is 79.6 Å². The van der Waals surface area contributed by atoms with Gasteiger partial charge in [-0.3, -0.25) is 34.6 Å². The summed E-state index contributed by atoms with van der Waals surface area (Å²) >= 11 is 0. The van der Waals surface area contributed by atoms with Crippen molar-refractivity contribution in [1.82, 2.24) is 75.4 Å². The van der Waals surface area contributed by atoms with Gasteiger partial charge in [-0.05, 0) is 151 Å². The van der Waals surface area contributed by atoms with Gasteiger partial charge in [0.1, 0.15) is 22.4 Å². The molecule has 122 heavy (non-hydrogen) atoms. The molecule has 9 aromatic heterocycles. The maximum atomic E-state index is 10.7. The Morgan fingerprint density at radius 2 is 0.926 bits per heavy atom. The number of hydrogen-bond acceptors (Lipinski definition) is 26. The van der Waals surface area contributed by atoms with Crippen LogP contribution in [0.3, 0.4) is 0 Å². The topological polar surface area (TPSA) is 471 Å². The quantitative estimate of drug-likeness (QED) is 0.139. The van der Waals surface area contributed by atoms with Crippen molar-refractivity contribution in [1.29, 1.82) is 0 Å². The second-order valence-electron chi connectivity index (χ2n) is 26.7. The van der Waals surface area contributed by atoms with E-state index in [9.17, 15) is 69.3 Å². The number of nitrogens with one attached hydrogen (secondary N) is 3. The van der Waals surface area contributed by atoms with Gasteiger partial charge in [0.2, 0.25) is 0 Å². The number of nitrogens with zero attached hydrogens (tertiary/aromatic N) is 12. The minimum Gasteiger partial charge on any atom is -0.548 e. The number of aromatic carboxylic acids is 6. The zero-order valence-corrected chi connectivity index (χ0v) is 65.4. The number of hydrogen-bond donors (Lipinski definition) is 3. The fourth-order valence-corrected chi connectivity index (χ4v) is 12.3. The summed E-state index contributed by atoms with van der Waals surface area (Å²) in [7, 11) is 1.70. The first kappa shape index (κ1) is 86.0. The van der Waals surface area contributed by atoms with E-state index in [1.165, 1.54) is 69.1 Å². The molecule has 0 fully saturated rings. The second kappa shape index (κ2) is 41.7. The van der Waals surface area contributed by atoms with E-state index in [0.29, 0.717) is 51.2 Å². The molecular weight excluding hydrogens is 1550 g/mol. The van der Waals surface area contributed by atoms with Crippen molar-refractivity contribution >= 4 is 140 Å². The van der Waals surface area contributed by atoms with E-state index in [1.807, 2.05) is 141 Å². The summed E-state index contributed by atoms with van der Waals surface area (Å²) in [5, 5.41) is 97.8. The first-order chi connectivity index (χ1) is 59.0. The van der Waals surface area contributed by atoms with Crippen LogP contribution in [0.1, 0.15) is 90.5 Å². The first-order valence-electron chi connectivity index (χ1n) is 37.2. The summed E-state index contributed by atoms with van der Waals surface area (Å²) < 4.78 is 1.53. The number of carboxylic acids is 7. The molecule has 0 saturated heterocycles. The van der Waals surface area contributed by atoms with Crippen molar-refractivity contribution in [3.63, 3.8) is 0 Å². The van der Waals surface area contributed by atoms with E-state index < -0.39 is 47.8 Å². The van der Waals surface area contributed by atoms with Gasteiger partial charge in [-0.1, -0.05) is 175 Å². The average molecular weight is 1620 g/mol. The smallest absolute Gasteiger partial charge is 0.116 e. The molecule has 20 rings (SSSR count). The van der Waals surface area contributed by atoms with E-state index in [4.69, 9.17) is 0 Å². The van der Waals surface area contributed by atoms with Crippen LogP contribution in [0.5, 0.6) is 0 Å². The van der Waals surface area contributed by atoms with E-state index in [0.717, 1.165) is 60.2 Å². The van der Waals surface area contributed by atoms with Crippen LogP contribution >= 0.6 is 0 Å². The largest absolute Gasteiger partial charge is 0.548 e. The summed E-state index contributed by atoms with van der Waals surface area (Å²) in [4.78, 5) is 109. The molecule has 10 aromatic carbocycles. The fraction of sp³-hybridized carbons (Fsp3) is 0.0753. The van der Waals surface area contributed by atoms with Crippen LogP contribution < -0.4 is 41.1 Å². The van der Waals surface area contributed by atoms with Gasteiger partial charge in [0, 0.05) is 88.0 Å². The van der Waals surface area contributed by atoms with Gasteiger partial charge >= 0.3 is 0 Å². The molecule has 1 atom stereocenters. The monoisotopic (exact) mass is 1620 g/mol. The van der Waals surface area contributed by atoms with E-state index in [-0.39, 0.29) is 33.9 Å². The summed E-state index contributed by atoms with van der Waals surface area (Å²) in [6.07, 6.45) is 11.4. The van der Waals surface area contributed by atoms with Crippen LogP contribution in [0, 0.1) is 20.8 Å². The lowest BCUT2D eigenvalue weighted by molar-refractivity contribution is -0.308. The first-order valence-corrected chi connectivity index (χ1v) is 37.2. The Morgan fingerprint density at radius 3 is 1.65 bits per heavy atom. The maximum Gasteiger partial charge on any atom is 0.116 e. The molecule has 1 unspecified atom stereocenters. The molecule has 0 bridgehead atoms. The Kier molecular flexibility index (Phi) is 29.4. The summed E-state index contributed by atoms with van der Waals surface area (Å²) in [5.41, 5.74) is 14.4. The lowest BCUT2D eigenvalue weighted by atomic mass is 9.96. The van der Waals surface area contributed by atoms with Crippen molar-refractivity contribution in [3.05, 3.63) is 366 Å². The fourth-order valence-electron chi connectivity index (χ4n) is 12.3. The number of aryl methyl sites for hydroxylation is 4. The zero-order chi connectivity index (χ0) is 86.6. The van der Waals surface area contributed by atoms with Crippen LogP contribution in [0.2, 0.25) is 0 Å². The Morgan fingerprint density at radius 1 is 0.369 bits per heavy atom. The Labute approximate surface area is 694 Å². The van der Waals surface area contributed by atoms with Gasteiger partial charge in [-0.15, -0.1) is 0 Å². The summed E-state index contributed by atoms with van der Waals surface area (Å²) in [5.74, 6) is -8.41. The molecule has 0 aliphatic carbocycles. The predicted octanol–water partition coefficient (Wildman–Crippen LogP) is 7.45. The number of aromatic amines is 2. The third kappa shape index (κ3) is 23.3. The number of rotatable bonds is 7. The maximum absolute atomic E-state index is 10.7. The second-order valence-corrected chi connectivity index (χ2v) is 26.7. The lowest BCUT2D eigenvalue weighted by Crippen LogP contribution is -2.48. The van der Waals surface area contributed by atoms with Crippen molar-refractivity contribution in [2.45, 2.75) is 39.8 Å². The molecule has 0 amide bonds. The molecule has 3 N–H and O–H groups in total. The van der Waals surface area contributed by atoms with E-state index in [1.54, 1.807) is 111 Å². The number of H-pyrrole nitrogens is 2. The number of para-hydroxylation sites is 4. The Hall–Kier alpha value is -16.8. The molecule has 0 spiro atoms. The highest BCUT2D eigenvalue weighted by atomic mass is 16.4. The van der Waals surface area contributed by atoms with Crippen LogP contribution in [0.25, 0.3) is 98.3 Å². The minimum absolute atomic E-state index is 0.00176. The molecule has 19 aromatic rings. The van der Waals surface area contributed by atoms with E-state index in [2.05, 4.69) is 115 Å². The Bertz CT molecular complexity index is 6550. The van der Waals surface area contributed by atoms with E-state index >= 15 is 0 Å². The van der Waals surface area contributed by atoms with Crippen LogP contribution in [-0.2, 0) is 24.8 Å². The van der Waals surface area contributed by atoms with Gasteiger partial charge in [-0.25, -0.2) is 9.97 Å².